The molecule has 0 radical (unpaired) electrons. The smallest absolute Gasteiger partial charge is 0.337 e. The minimum absolute atomic E-state index is 0.199. The quantitative estimate of drug-likeness (QED) is 0.355. The van der Waals surface area contributed by atoms with Crippen molar-refractivity contribution in [1.29, 1.82) is 0 Å². The number of carboxylic acids is 1. The summed E-state index contributed by atoms with van der Waals surface area (Å²) in [5.74, 6) is 0.628. The Balaban J connectivity index is 1.51. The Kier molecular flexibility index (Phi) is 5.10. The molecule has 5 aromatic rings. The monoisotopic (exact) mass is 478 g/mol. The molecule has 36 heavy (non-hydrogen) atoms. The Bertz CT molecular complexity index is 1630. The Morgan fingerprint density at radius 2 is 1.69 bits per heavy atom. The van der Waals surface area contributed by atoms with Gasteiger partial charge in [-0.2, -0.15) is 0 Å². The van der Waals surface area contributed by atoms with Gasteiger partial charge in [-0.3, -0.25) is 0 Å². The van der Waals surface area contributed by atoms with E-state index in [1.807, 2.05) is 31.2 Å². The zero-order chi connectivity index (χ0) is 25.0. The van der Waals surface area contributed by atoms with Crippen LogP contribution in [0.15, 0.2) is 60.7 Å². The normalized spacial score (nSPS) is 13.8. The van der Waals surface area contributed by atoms with Gasteiger partial charge in [0, 0.05) is 29.7 Å². The van der Waals surface area contributed by atoms with Crippen molar-refractivity contribution < 1.29 is 9.90 Å². The maximum absolute atomic E-state index is 11.8. The number of carboxylic acid groups (broad SMARTS) is 1. The first-order chi connectivity index (χ1) is 17.4. The number of nitrogens with zero attached hydrogens (tertiary/aromatic N) is 5. The second-order valence-corrected chi connectivity index (χ2v) is 9.41. The first-order valence-electron chi connectivity index (χ1n) is 12.0. The van der Waals surface area contributed by atoms with Gasteiger partial charge in [0.1, 0.15) is 5.82 Å². The third-order valence-electron chi connectivity index (χ3n) is 6.88. The summed E-state index contributed by atoms with van der Waals surface area (Å²) >= 11 is 0. The van der Waals surface area contributed by atoms with Crippen LogP contribution in [0.1, 0.15) is 51.4 Å². The molecule has 0 fully saturated rings. The minimum atomic E-state index is -0.964. The number of aromatic carboxylic acids is 1. The second-order valence-electron chi connectivity index (χ2n) is 9.41. The highest BCUT2D eigenvalue weighted by Crippen LogP contribution is 2.34. The van der Waals surface area contributed by atoms with Crippen LogP contribution in [0.3, 0.4) is 0 Å². The zero-order valence-corrected chi connectivity index (χ0v) is 20.4. The van der Waals surface area contributed by atoms with Gasteiger partial charge in [0.2, 0.25) is 5.95 Å². The molecule has 8 heteroatoms. The maximum Gasteiger partial charge on any atom is 0.337 e. The number of benzene rings is 3. The lowest BCUT2D eigenvalue weighted by atomic mass is 10.0. The van der Waals surface area contributed by atoms with Crippen LogP contribution in [0.4, 0.5) is 11.6 Å². The molecule has 3 aromatic carbocycles. The molecule has 8 nitrogen and oxygen atoms in total. The summed E-state index contributed by atoms with van der Waals surface area (Å²) in [5.41, 5.74) is 7.05. The van der Waals surface area contributed by atoms with Gasteiger partial charge in [0.25, 0.3) is 0 Å². The predicted molar refractivity (Wildman–Crippen MR) is 140 cm³/mol. The fourth-order valence-corrected chi connectivity index (χ4v) is 5.15. The molecule has 0 bridgehead atoms. The van der Waals surface area contributed by atoms with E-state index in [1.165, 1.54) is 11.1 Å². The van der Waals surface area contributed by atoms with Gasteiger partial charge in [-0.25, -0.2) is 14.2 Å². The molecule has 1 aliphatic heterocycles. The SMILES string of the molecule is Cc1cc([C@@H](C)Nc2ccccc2C(=O)O)c2nc(N3Cc4ccccc4C3)n3c(C)nnc3c2c1. The van der Waals surface area contributed by atoms with Crippen molar-refractivity contribution >= 4 is 34.2 Å². The number of hydrogen-bond acceptors (Lipinski definition) is 6. The van der Waals surface area contributed by atoms with Gasteiger partial charge in [0.15, 0.2) is 5.65 Å². The van der Waals surface area contributed by atoms with Crippen molar-refractivity contribution in [3.63, 3.8) is 0 Å². The summed E-state index contributed by atoms with van der Waals surface area (Å²) in [5, 5.41) is 22.9. The molecule has 0 saturated carbocycles. The van der Waals surface area contributed by atoms with E-state index in [0.717, 1.165) is 52.5 Å². The van der Waals surface area contributed by atoms with E-state index in [9.17, 15) is 9.90 Å². The van der Waals surface area contributed by atoms with Crippen LogP contribution in [0, 0.1) is 13.8 Å². The van der Waals surface area contributed by atoms with E-state index in [2.05, 4.69) is 56.8 Å². The lowest BCUT2D eigenvalue weighted by Gasteiger charge is -2.22. The van der Waals surface area contributed by atoms with E-state index in [0.29, 0.717) is 5.69 Å². The summed E-state index contributed by atoms with van der Waals surface area (Å²) in [7, 11) is 0. The van der Waals surface area contributed by atoms with Crippen LogP contribution < -0.4 is 10.2 Å². The zero-order valence-electron chi connectivity index (χ0n) is 20.4. The first-order valence-corrected chi connectivity index (χ1v) is 12.0. The average molecular weight is 479 g/mol. The van der Waals surface area contributed by atoms with E-state index >= 15 is 0 Å². The highest BCUT2D eigenvalue weighted by atomic mass is 16.4. The number of rotatable bonds is 5. The Hall–Kier alpha value is -4.46. The number of anilines is 2. The molecular formula is C28H26N6O2. The summed E-state index contributed by atoms with van der Waals surface area (Å²) in [6.45, 7) is 7.56. The van der Waals surface area contributed by atoms with E-state index in [1.54, 1.807) is 18.2 Å². The van der Waals surface area contributed by atoms with Gasteiger partial charge in [-0.1, -0.05) is 42.5 Å². The second kappa shape index (κ2) is 8.34. The van der Waals surface area contributed by atoms with Crippen molar-refractivity contribution in [3.05, 3.63) is 94.3 Å². The molecule has 0 unspecified atom stereocenters. The molecule has 6 rings (SSSR count). The molecule has 2 aromatic heterocycles. The summed E-state index contributed by atoms with van der Waals surface area (Å²) in [6, 6.07) is 19.4. The maximum atomic E-state index is 11.8. The fourth-order valence-electron chi connectivity index (χ4n) is 5.15. The molecular weight excluding hydrogens is 452 g/mol. The number of para-hydroxylation sites is 1. The van der Waals surface area contributed by atoms with Crippen molar-refractivity contribution in [3.8, 4) is 0 Å². The molecule has 0 saturated heterocycles. The van der Waals surface area contributed by atoms with E-state index in [4.69, 9.17) is 4.98 Å². The summed E-state index contributed by atoms with van der Waals surface area (Å²) in [6.07, 6.45) is 0. The summed E-state index contributed by atoms with van der Waals surface area (Å²) in [4.78, 5) is 19.2. The van der Waals surface area contributed by atoms with E-state index < -0.39 is 5.97 Å². The van der Waals surface area contributed by atoms with Gasteiger partial charge in [-0.05, 0) is 55.7 Å². The Morgan fingerprint density at radius 3 is 2.42 bits per heavy atom. The van der Waals surface area contributed by atoms with Crippen LogP contribution in [0.25, 0.3) is 16.6 Å². The summed E-state index contributed by atoms with van der Waals surface area (Å²) < 4.78 is 2.04. The van der Waals surface area contributed by atoms with Crippen LogP contribution in [-0.2, 0) is 13.1 Å². The number of aryl methyl sites for hydroxylation is 2. The van der Waals surface area contributed by atoms with E-state index in [-0.39, 0.29) is 11.6 Å². The van der Waals surface area contributed by atoms with Crippen LogP contribution in [0.2, 0.25) is 0 Å². The van der Waals surface area contributed by atoms with Crippen molar-refractivity contribution in [1.82, 2.24) is 19.6 Å². The van der Waals surface area contributed by atoms with Crippen LogP contribution >= 0.6 is 0 Å². The Labute approximate surface area is 208 Å². The van der Waals surface area contributed by atoms with Crippen LogP contribution in [-0.4, -0.2) is 30.7 Å². The molecule has 0 amide bonds. The number of carbonyl (C=O) groups is 1. The standard InChI is InChI=1S/C28H26N6O2/c1-16-12-22(17(2)29-24-11-7-6-10-21(24)27(35)36)25-23(13-16)26-32-31-18(3)34(26)28(30-25)33-14-19-8-4-5-9-20(19)15-33/h4-13,17,29H,14-15H2,1-3H3,(H,35,36)/t17-/m1/s1. The lowest BCUT2D eigenvalue weighted by Crippen LogP contribution is -2.20. The van der Waals surface area contributed by atoms with Crippen molar-refractivity contribution in [2.45, 2.75) is 39.9 Å². The highest BCUT2D eigenvalue weighted by molar-refractivity contribution is 5.96. The third kappa shape index (κ3) is 3.53. The van der Waals surface area contributed by atoms with Gasteiger partial charge in [0.05, 0.1) is 17.1 Å². The fraction of sp³-hybridized carbons (Fsp3) is 0.214. The highest BCUT2D eigenvalue weighted by Gasteiger charge is 2.26. The minimum Gasteiger partial charge on any atom is -0.478 e. The Morgan fingerprint density at radius 1 is 1.00 bits per heavy atom. The lowest BCUT2D eigenvalue weighted by molar-refractivity contribution is 0.0698. The molecule has 0 aliphatic carbocycles. The van der Waals surface area contributed by atoms with Gasteiger partial charge >= 0.3 is 5.97 Å². The molecule has 180 valence electrons. The molecule has 1 atom stereocenters. The van der Waals surface area contributed by atoms with Crippen molar-refractivity contribution in [2.24, 2.45) is 0 Å². The molecule has 2 N–H and O–H groups in total. The first kappa shape index (κ1) is 22.0. The molecule has 1 aliphatic rings. The number of aromatic nitrogens is 4. The average Bonchev–Trinajstić information content (AvgIpc) is 3.47. The number of fused-ring (bicyclic) bond motifs is 4. The number of hydrogen-bond donors (Lipinski definition) is 2. The van der Waals surface area contributed by atoms with Crippen molar-refractivity contribution in [2.75, 3.05) is 10.2 Å². The van der Waals surface area contributed by atoms with Gasteiger partial charge < -0.3 is 15.3 Å². The third-order valence-corrected chi connectivity index (χ3v) is 6.88. The van der Waals surface area contributed by atoms with Crippen LogP contribution in [0.5, 0.6) is 0 Å². The topological polar surface area (TPSA) is 95.6 Å². The van der Waals surface area contributed by atoms with Gasteiger partial charge in [-0.15, -0.1) is 10.2 Å². The largest absolute Gasteiger partial charge is 0.478 e. The molecule has 0 spiro atoms. The predicted octanol–water partition coefficient (Wildman–Crippen LogP) is 5.29. The molecule has 3 heterocycles. The number of nitrogens with one attached hydrogen (secondary N) is 1.